The number of benzene rings is 2. The van der Waals surface area contributed by atoms with Crippen molar-refractivity contribution in [3.63, 3.8) is 0 Å². The van der Waals surface area contributed by atoms with Crippen molar-refractivity contribution in [1.29, 1.82) is 0 Å². The summed E-state index contributed by atoms with van der Waals surface area (Å²) in [6, 6.07) is 12.2. The topological polar surface area (TPSA) is 67.9 Å². The Morgan fingerprint density at radius 3 is 2.27 bits per heavy atom. The maximum absolute atomic E-state index is 12.1. The first-order valence-corrected chi connectivity index (χ1v) is 7.98. The van der Waals surface area contributed by atoms with E-state index in [2.05, 4.69) is 5.32 Å². The minimum absolute atomic E-state index is 0.0899. The van der Waals surface area contributed by atoms with E-state index in [-0.39, 0.29) is 11.8 Å². The Balaban J connectivity index is 2.07. The number of ether oxygens (including phenoxy) is 2. The average molecular weight is 354 g/mol. The number of carbonyl (C=O) groups is 2. The Hall–Kier alpha value is -3.28. The van der Waals surface area contributed by atoms with E-state index in [1.165, 1.54) is 11.0 Å². The lowest BCUT2D eigenvalue weighted by Gasteiger charge is -2.11. The van der Waals surface area contributed by atoms with E-state index in [1.54, 1.807) is 64.7 Å². The Kier molecular flexibility index (Phi) is 6.38. The lowest BCUT2D eigenvalue weighted by Crippen LogP contribution is -2.21. The average Bonchev–Trinajstić information content (AvgIpc) is 2.65. The summed E-state index contributed by atoms with van der Waals surface area (Å²) in [6.45, 7) is 0. The number of para-hydroxylation sites is 1. The number of nitrogens with one attached hydrogen (secondary N) is 1. The molecule has 0 unspecified atom stereocenters. The monoisotopic (exact) mass is 354 g/mol. The zero-order valence-electron chi connectivity index (χ0n) is 15.3. The number of carbonyl (C=O) groups excluding carboxylic acids is 2. The van der Waals surface area contributed by atoms with E-state index in [9.17, 15) is 9.59 Å². The van der Waals surface area contributed by atoms with Crippen molar-refractivity contribution in [1.82, 2.24) is 4.90 Å². The van der Waals surface area contributed by atoms with Gasteiger partial charge in [0, 0.05) is 37.0 Å². The minimum Gasteiger partial charge on any atom is -0.493 e. The van der Waals surface area contributed by atoms with Crippen LogP contribution in [0.15, 0.2) is 48.5 Å². The van der Waals surface area contributed by atoms with Gasteiger partial charge in [-0.25, -0.2) is 0 Å². The molecule has 0 aliphatic rings. The first-order valence-electron chi connectivity index (χ1n) is 7.98. The molecule has 0 fully saturated rings. The molecule has 0 radical (unpaired) electrons. The van der Waals surface area contributed by atoms with Crippen molar-refractivity contribution in [2.75, 3.05) is 33.6 Å². The van der Waals surface area contributed by atoms with Gasteiger partial charge in [-0.15, -0.1) is 0 Å². The fourth-order valence-corrected chi connectivity index (χ4v) is 2.35. The summed E-state index contributed by atoms with van der Waals surface area (Å²) < 4.78 is 10.6. The third kappa shape index (κ3) is 4.63. The summed E-state index contributed by atoms with van der Waals surface area (Å²) in [5.74, 6) is 0.774. The Labute approximate surface area is 153 Å². The van der Waals surface area contributed by atoms with Gasteiger partial charge >= 0.3 is 0 Å². The maximum Gasteiger partial charge on any atom is 0.253 e. The molecule has 6 heteroatoms. The van der Waals surface area contributed by atoms with Crippen molar-refractivity contribution >= 4 is 23.6 Å². The van der Waals surface area contributed by atoms with Gasteiger partial charge in [-0.3, -0.25) is 9.59 Å². The highest BCUT2D eigenvalue weighted by molar-refractivity contribution is 6.02. The fraction of sp³-hybridized carbons (Fsp3) is 0.200. The second kappa shape index (κ2) is 8.71. The summed E-state index contributed by atoms with van der Waals surface area (Å²) in [7, 11) is 6.49. The lowest BCUT2D eigenvalue weighted by atomic mass is 10.1. The number of amides is 2. The largest absolute Gasteiger partial charge is 0.493 e. The van der Waals surface area contributed by atoms with Crippen LogP contribution in [0.3, 0.4) is 0 Å². The molecule has 26 heavy (non-hydrogen) atoms. The van der Waals surface area contributed by atoms with Gasteiger partial charge in [-0.1, -0.05) is 12.1 Å². The molecule has 0 heterocycles. The van der Waals surface area contributed by atoms with Crippen LogP contribution in [0.25, 0.3) is 6.08 Å². The third-order valence-electron chi connectivity index (χ3n) is 3.65. The highest BCUT2D eigenvalue weighted by Gasteiger charge is 2.09. The van der Waals surface area contributed by atoms with Crippen molar-refractivity contribution in [3.05, 3.63) is 59.7 Å². The van der Waals surface area contributed by atoms with Crippen molar-refractivity contribution in [2.45, 2.75) is 0 Å². The van der Waals surface area contributed by atoms with Crippen molar-refractivity contribution < 1.29 is 19.1 Å². The predicted octanol–water partition coefficient (Wildman–Crippen LogP) is 3.06. The first kappa shape index (κ1) is 19.1. The lowest BCUT2D eigenvalue weighted by molar-refractivity contribution is -0.111. The Morgan fingerprint density at radius 2 is 1.69 bits per heavy atom. The number of anilines is 1. The molecule has 2 aromatic rings. The summed E-state index contributed by atoms with van der Waals surface area (Å²) in [4.78, 5) is 25.5. The van der Waals surface area contributed by atoms with Crippen LogP contribution in [0.4, 0.5) is 5.69 Å². The van der Waals surface area contributed by atoms with E-state index < -0.39 is 0 Å². The van der Waals surface area contributed by atoms with Crippen LogP contribution in [0, 0.1) is 0 Å². The molecule has 0 saturated carbocycles. The third-order valence-corrected chi connectivity index (χ3v) is 3.65. The van der Waals surface area contributed by atoms with Crippen LogP contribution in [0.1, 0.15) is 15.9 Å². The minimum atomic E-state index is -0.290. The number of methoxy groups -OCH3 is 2. The van der Waals surface area contributed by atoms with E-state index in [1.807, 2.05) is 12.1 Å². The van der Waals surface area contributed by atoms with Crippen LogP contribution < -0.4 is 14.8 Å². The van der Waals surface area contributed by atoms with Crippen molar-refractivity contribution in [2.24, 2.45) is 0 Å². The van der Waals surface area contributed by atoms with Gasteiger partial charge in [-0.2, -0.15) is 0 Å². The molecule has 0 atom stereocenters. The molecule has 2 amide bonds. The van der Waals surface area contributed by atoms with E-state index in [4.69, 9.17) is 9.47 Å². The first-order chi connectivity index (χ1) is 12.5. The molecule has 6 nitrogen and oxygen atoms in total. The standard InChI is InChI=1S/C20H22N2O4/c1-22(2)20(24)15-8-11-16(12-9-15)21-18(23)13-10-14-6-5-7-17(25-3)19(14)26-4/h5-13H,1-4H3,(H,21,23)/b13-10+. The smallest absolute Gasteiger partial charge is 0.253 e. The molecule has 136 valence electrons. The van der Waals surface area contributed by atoms with Gasteiger partial charge in [0.15, 0.2) is 11.5 Å². The van der Waals surface area contributed by atoms with Crippen LogP contribution in [0.2, 0.25) is 0 Å². The molecule has 0 spiro atoms. The SMILES string of the molecule is COc1cccc(/C=C/C(=O)Nc2ccc(C(=O)N(C)C)cc2)c1OC. The van der Waals surface area contributed by atoms with Crippen molar-refractivity contribution in [3.8, 4) is 11.5 Å². The Bertz CT molecular complexity index is 811. The molecule has 0 saturated heterocycles. The molecular weight excluding hydrogens is 332 g/mol. The molecule has 2 rings (SSSR count). The fourth-order valence-electron chi connectivity index (χ4n) is 2.35. The van der Waals surface area contributed by atoms with Crippen LogP contribution in [-0.2, 0) is 4.79 Å². The summed E-state index contributed by atoms with van der Waals surface area (Å²) in [5, 5.41) is 2.75. The molecule has 1 N–H and O–H groups in total. The molecule has 2 aromatic carbocycles. The van der Waals surface area contributed by atoms with E-state index in [0.717, 1.165) is 5.56 Å². The highest BCUT2D eigenvalue weighted by Crippen LogP contribution is 2.31. The molecule has 0 aromatic heterocycles. The summed E-state index contributed by atoms with van der Waals surface area (Å²) >= 11 is 0. The second-order valence-corrected chi connectivity index (χ2v) is 5.68. The molecule has 0 bridgehead atoms. The normalized spacial score (nSPS) is 10.5. The number of nitrogens with zero attached hydrogens (tertiary/aromatic N) is 1. The summed E-state index contributed by atoms with van der Waals surface area (Å²) in [6.07, 6.45) is 3.07. The quantitative estimate of drug-likeness (QED) is 0.810. The predicted molar refractivity (Wildman–Crippen MR) is 102 cm³/mol. The number of hydrogen-bond donors (Lipinski definition) is 1. The summed E-state index contributed by atoms with van der Waals surface area (Å²) in [5.41, 5.74) is 1.89. The van der Waals surface area contributed by atoms with Crippen LogP contribution in [-0.4, -0.2) is 45.0 Å². The van der Waals surface area contributed by atoms with E-state index >= 15 is 0 Å². The van der Waals surface area contributed by atoms with Crippen LogP contribution in [0.5, 0.6) is 11.5 Å². The molecular formula is C20H22N2O4. The highest BCUT2D eigenvalue weighted by atomic mass is 16.5. The van der Waals surface area contributed by atoms with Gasteiger partial charge in [-0.05, 0) is 36.4 Å². The maximum atomic E-state index is 12.1. The van der Waals surface area contributed by atoms with E-state index in [0.29, 0.717) is 22.7 Å². The van der Waals surface area contributed by atoms with Gasteiger partial charge < -0.3 is 19.7 Å². The second-order valence-electron chi connectivity index (χ2n) is 5.68. The molecule has 0 aliphatic carbocycles. The van der Waals surface area contributed by atoms with Crippen LogP contribution >= 0.6 is 0 Å². The number of rotatable bonds is 6. The zero-order valence-corrected chi connectivity index (χ0v) is 15.3. The van der Waals surface area contributed by atoms with Gasteiger partial charge in [0.2, 0.25) is 5.91 Å². The molecule has 0 aliphatic heterocycles. The zero-order chi connectivity index (χ0) is 19.1. The van der Waals surface area contributed by atoms with Gasteiger partial charge in [0.1, 0.15) is 0 Å². The van der Waals surface area contributed by atoms with Gasteiger partial charge in [0.05, 0.1) is 14.2 Å². The van der Waals surface area contributed by atoms with Gasteiger partial charge in [0.25, 0.3) is 5.91 Å². The Morgan fingerprint density at radius 1 is 1.00 bits per heavy atom. The number of hydrogen-bond acceptors (Lipinski definition) is 4.